The smallest absolute Gasteiger partial charge is 0.348 e. The Morgan fingerprint density at radius 3 is 2.25 bits per heavy atom. The molecule has 0 unspecified atom stereocenters. The quantitative estimate of drug-likeness (QED) is 0.851. The first-order valence-electron chi connectivity index (χ1n) is 5.58. The first-order valence-corrected chi connectivity index (χ1v) is 7.41. The first kappa shape index (κ1) is 16.5. The zero-order valence-electron chi connectivity index (χ0n) is 10.9. The van der Waals surface area contributed by atoms with Crippen LogP contribution in [0.5, 0.6) is 0 Å². The van der Waals surface area contributed by atoms with E-state index in [1.54, 1.807) is 0 Å². The predicted octanol–water partition coefficient (Wildman–Crippen LogP) is 1.71. The summed E-state index contributed by atoms with van der Waals surface area (Å²) in [6.45, 7) is 0. The summed E-state index contributed by atoms with van der Waals surface area (Å²) < 4.78 is 61.8. The molecule has 8 heteroatoms. The van der Waals surface area contributed by atoms with E-state index in [1.807, 2.05) is 0 Å². The monoisotopic (exact) mass is 309 g/mol. The minimum Gasteiger partial charge on any atom is -0.348 e. The molecule has 0 fully saturated rings. The van der Waals surface area contributed by atoms with Crippen molar-refractivity contribution < 1.29 is 26.4 Å². The Morgan fingerprint density at radius 1 is 1.20 bits per heavy atom. The molecule has 0 heterocycles. The Morgan fingerprint density at radius 2 is 1.75 bits per heavy atom. The van der Waals surface area contributed by atoms with Crippen molar-refractivity contribution in [2.75, 3.05) is 19.8 Å². The van der Waals surface area contributed by atoms with E-state index in [0.717, 1.165) is 17.0 Å². The maximum Gasteiger partial charge on any atom is 0.416 e. The van der Waals surface area contributed by atoms with Gasteiger partial charge in [0.25, 0.3) is 0 Å². The van der Waals surface area contributed by atoms with Crippen molar-refractivity contribution in [2.45, 2.75) is 11.9 Å². The number of rotatable bonds is 4. The number of halogens is 3. The highest BCUT2D eigenvalue weighted by Crippen LogP contribution is 2.32. The molecule has 1 aromatic rings. The van der Waals surface area contributed by atoms with Gasteiger partial charge in [-0.1, -0.05) is 18.2 Å². The van der Waals surface area contributed by atoms with Crippen LogP contribution in [-0.4, -0.2) is 39.1 Å². The summed E-state index contributed by atoms with van der Waals surface area (Å²) in [6, 6.07) is 4.43. The lowest BCUT2D eigenvalue weighted by atomic mass is 10.1. The maximum atomic E-state index is 12.7. The number of nitrogens with zero attached hydrogens (tertiary/aromatic N) is 1. The van der Waals surface area contributed by atoms with Gasteiger partial charge in [0.2, 0.25) is 5.91 Å². The lowest BCUT2D eigenvalue weighted by Gasteiger charge is -2.14. The molecule has 1 rings (SSSR count). The van der Waals surface area contributed by atoms with Gasteiger partial charge in [-0.3, -0.25) is 4.79 Å². The van der Waals surface area contributed by atoms with Crippen molar-refractivity contribution in [3.8, 4) is 0 Å². The second kappa shape index (κ2) is 5.82. The van der Waals surface area contributed by atoms with Gasteiger partial charge in [-0.2, -0.15) is 13.2 Å². The van der Waals surface area contributed by atoms with E-state index in [2.05, 4.69) is 0 Å². The third kappa shape index (κ3) is 4.52. The molecule has 0 saturated carbocycles. The Labute approximate surface area is 115 Å². The van der Waals surface area contributed by atoms with Gasteiger partial charge < -0.3 is 4.90 Å². The van der Waals surface area contributed by atoms with Crippen molar-refractivity contribution in [2.24, 2.45) is 0 Å². The zero-order chi connectivity index (χ0) is 15.6. The molecule has 0 saturated heterocycles. The van der Waals surface area contributed by atoms with Crippen LogP contribution in [0.15, 0.2) is 24.3 Å². The number of hydrogen-bond acceptors (Lipinski definition) is 3. The average molecular weight is 309 g/mol. The molecule has 0 aromatic heterocycles. The van der Waals surface area contributed by atoms with E-state index in [4.69, 9.17) is 0 Å². The summed E-state index contributed by atoms with van der Waals surface area (Å²) in [7, 11) is -1.20. The third-order valence-electron chi connectivity index (χ3n) is 2.54. The van der Waals surface area contributed by atoms with E-state index < -0.39 is 39.0 Å². The molecule has 4 nitrogen and oxygen atoms in total. The molecule has 0 aliphatic carbocycles. The standard InChI is InChI=1S/C12H14F3NO3S/c1-16(2)11(17)8-20(18,19)7-9-5-3-4-6-10(9)12(13,14)15/h3-6H,7-8H2,1-2H3. The lowest BCUT2D eigenvalue weighted by Crippen LogP contribution is -2.30. The Hall–Kier alpha value is -1.57. The van der Waals surface area contributed by atoms with Crippen LogP contribution >= 0.6 is 0 Å². The number of sulfone groups is 1. The molecule has 1 aromatic carbocycles. The van der Waals surface area contributed by atoms with Gasteiger partial charge in [0, 0.05) is 14.1 Å². The van der Waals surface area contributed by atoms with Crippen LogP contribution in [0.3, 0.4) is 0 Å². The van der Waals surface area contributed by atoms with Gasteiger partial charge in [-0.05, 0) is 11.6 Å². The van der Waals surface area contributed by atoms with Crippen molar-refractivity contribution in [3.63, 3.8) is 0 Å². The highest BCUT2D eigenvalue weighted by molar-refractivity contribution is 7.91. The van der Waals surface area contributed by atoms with Gasteiger partial charge in [0.15, 0.2) is 9.84 Å². The molecule has 0 bridgehead atoms. The van der Waals surface area contributed by atoms with Gasteiger partial charge in [-0.15, -0.1) is 0 Å². The summed E-state index contributed by atoms with van der Waals surface area (Å²) >= 11 is 0. The van der Waals surface area contributed by atoms with Crippen molar-refractivity contribution >= 4 is 15.7 Å². The molecule has 1 amide bonds. The number of amides is 1. The van der Waals surface area contributed by atoms with E-state index in [1.165, 1.54) is 26.2 Å². The number of hydrogen-bond donors (Lipinski definition) is 0. The molecule has 0 radical (unpaired) electrons. The molecule has 0 aliphatic heterocycles. The Kier molecular flexibility index (Phi) is 4.80. The molecule has 0 aliphatic rings. The van der Waals surface area contributed by atoms with Gasteiger partial charge in [-0.25, -0.2) is 8.42 Å². The molecule has 112 valence electrons. The van der Waals surface area contributed by atoms with Crippen molar-refractivity contribution in [3.05, 3.63) is 35.4 Å². The van der Waals surface area contributed by atoms with E-state index >= 15 is 0 Å². The van der Waals surface area contributed by atoms with E-state index in [9.17, 15) is 26.4 Å². The highest BCUT2D eigenvalue weighted by Gasteiger charge is 2.34. The molecule has 0 atom stereocenters. The predicted molar refractivity (Wildman–Crippen MR) is 67.6 cm³/mol. The summed E-state index contributed by atoms with van der Waals surface area (Å²) in [6.07, 6.45) is -4.63. The van der Waals surface area contributed by atoms with Crippen LogP contribution < -0.4 is 0 Å². The molecule has 0 spiro atoms. The van der Waals surface area contributed by atoms with Crippen molar-refractivity contribution in [1.29, 1.82) is 0 Å². The molecule has 20 heavy (non-hydrogen) atoms. The fraction of sp³-hybridized carbons (Fsp3) is 0.417. The highest BCUT2D eigenvalue weighted by atomic mass is 32.2. The Balaban J connectivity index is 3.02. The first-order chi connectivity index (χ1) is 9.03. The number of benzene rings is 1. The largest absolute Gasteiger partial charge is 0.416 e. The van der Waals surface area contributed by atoms with Gasteiger partial charge in [0.1, 0.15) is 5.75 Å². The number of alkyl halides is 3. The van der Waals surface area contributed by atoms with Crippen LogP contribution in [0.2, 0.25) is 0 Å². The van der Waals surface area contributed by atoms with Crippen LogP contribution in [-0.2, 0) is 26.6 Å². The topological polar surface area (TPSA) is 54.5 Å². The zero-order valence-corrected chi connectivity index (χ0v) is 11.8. The summed E-state index contributed by atoms with van der Waals surface area (Å²) in [4.78, 5) is 12.4. The molecular formula is C12H14F3NO3S. The fourth-order valence-electron chi connectivity index (χ4n) is 1.53. The fourth-order valence-corrected chi connectivity index (χ4v) is 2.99. The number of carbonyl (C=O) groups is 1. The van der Waals surface area contributed by atoms with Crippen LogP contribution in [0.4, 0.5) is 13.2 Å². The summed E-state index contributed by atoms with van der Waals surface area (Å²) in [5.74, 6) is -2.30. The molecule has 0 N–H and O–H groups in total. The number of carbonyl (C=O) groups excluding carboxylic acids is 1. The Bertz CT molecular complexity index is 594. The summed E-state index contributed by atoms with van der Waals surface area (Å²) in [5, 5.41) is 0. The summed E-state index contributed by atoms with van der Waals surface area (Å²) in [5.41, 5.74) is -1.35. The SMILES string of the molecule is CN(C)C(=O)CS(=O)(=O)Cc1ccccc1C(F)(F)F. The van der Waals surface area contributed by atoms with E-state index in [-0.39, 0.29) is 5.56 Å². The lowest BCUT2D eigenvalue weighted by molar-refractivity contribution is -0.138. The minimum absolute atomic E-state index is 0.355. The van der Waals surface area contributed by atoms with Crippen LogP contribution in [0.25, 0.3) is 0 Å². The van der Waals surface area contributed by atoms with E-state index in [0.29, 0.717) is 0 Å². The maximum absolute atomic E-state index is 12.7. The van der Waals surface area contributed by atoms with Crippen LogP contribution in [0.1, 0.15) is 11.1 Å². The van der Waals surface area contributed by atoms with Crippen LogP contribution in [0, 0.1) is 0 Å². The minimum atomic E-state index is -4.63. The van der Waals surface area contributed by atoms with Gasteiger partial charge in [0.05, 0.1) is 11.3 Å². The van der Waals surface area contributed by atoms with Gasteiger partial charge >= 0.3 is 6.18 Å². The average Bonchev–Trinajstić information content (AvgIpc) is 2.26. The van der Waals surface area contributed by atoms with Crippen molar-refractivity contribution in [1.82, 2.24) is 4.90 Å². The third-order valence-corrected chi connectivity index (χ3v) is 3.98. The second-order valence-electron chi connectivity index (χ2n) is 4.48. The second-order valence-corrected chi connectivity index (χ2v) is 6.54. The molecular weight excluding hydrogens is 295 g/mol. The normalized spacial score (nSPS) is 12.2.